The van der Waals surface area contributed by atoms with Crippen LogP contribution in [0.5, 0.6) is 0 Å². The third-order valence-corrected chi connectivity index (χ3v) is 3.41. The van der Waals surface area contributed by atoms with Crippen LogP contribution in [-0.2, 0) is 6.42 Å². The molecule has 0 amide bonds. The van der Waals surface area contributed by atoms with Gasteiger partial charge in [-0.2, -0.15) is 11.3 Å². The summed E-state index contributed by atoms with van der Waals surface area (Å²) in [6.07, 6.45) is 0.423. The SMILES string of the molecule is Cc1ccc(C(=O)Cc2ccsc2)c(Cl)c1. The second-order valence-electron chi connectivity index (χ2n) is 3.71. The molecule has 0 radical (unpaired) electrons. The number of halogens is 1. The Hall–Kier alpha value is -1.12. The lowest BCUT2D eigenvalue weighted by molar-refractivity contribution is 0.0993. The molecule has 0 aliphatic rings. The second kappa shape index (κ2) is 4.81. The number of hydrogen-bond acceptors (Lipinski definition) is 2. The highest BCUT2D eigenvalue weighted by atomic mass is 35.5. The minimum atomic E-state index is 0.0726. The van der Waals surface area contributed by atoms with Crippen molar-refractivity contribution in [3.8, 4) is 0 Å². The number of Topliss-reactive ketones (excluding diaryl/α,β-unsaturated/α-hetero) is 1. The van der Waals surface area contributed by atoms with E-state index in [1.807, 2.05) is 35.9 Å². The predicted molar refractivity (Wildman–Crippen MR) is 68.5 cm³/mol. The number of thiophene rings is 1. The summed E-state index contributed by atoms with van der Waals surface area (Å²) in [6.45, 7) is 1.96. The minimum Gasteiger partial charge on any atom is -0.294 e. The lowest BCUT2D eigenvalue weighted by Gasteiger charge is -2.03. The lowest BCUT2D eigenvalue weighted by atomic mass is 10.0. The van der Waals surface area contributed by atoms with Crippen LogP contribution in [0.3, 0.4) is 0 Å². The summed E-state index contributed by atoms with van der Waals surface area (Å²) in [5.41, 5.74) is 2.72. The van der Waals surface area contributed by atoms with Crippen molar-refractivity contribution in [3.05, 3.63) is 56.7 Å². The number of carbonyl (C=O) groups is 1. The van der Waals surface area contributed by atoms with Crippen LogP contribution in [0.25, 0.3) is 0 Å². The predicted octanol–water partition coefficient (Wildman–Crippen LogP) is 4.14. The van der Waals surface area contributed by atoms with Gasteiger partial charge >= 0.3 is 0 Å². The van der Waals surface area contributed by atoms with Crippen LogP contribution >= 0.6 is 22.9 Å². The van der Waals surface area contributed by atoms with E-state index in [-0.39, 0.29) is 5.78 Å². The molecule has 0 N–H and O–H groups in total. The van der Waals surface area contributed by atoms with E-state index in [0.29, 0.717) is 17.0 Å². The minimum absolute atomic E-state index is 0.0726. The van der Waals surface area contributed by atoms with Gasteiger partial charge in [0.25, 0.3) is 0 Å². The van der Waals surface area contributed by atoms with Crippen molar-refractivity contribution in [3.63, 3.8) is 0 Å². The van der Waals surface area contributed by atoms with Crippen LogP contribution < -0.4 is 0 Å². The molecule has 0 aliphatic heterocycles. The lowest BCUT2D eigenvalue weighted by Crippen LogP contribution is -2.03. The first-order valence-electron chi connectivity index (χ1n) is 4.97. The Balaban J connectivity index is 2.21. The molecular weight excluding hydrogens is 240 g/mol. The summed E-state index contributed by atoms with van der Waals surface area (Å²) >= 11 is 7.64. The van der Waals surface area contributed by atoms with Crippen molar-refractivity contribution in [2.24, 2.45) is 0 Å². The van der Waals surface area contributed by atoms with Crippen LogP contribution in [-0.4, -0.2) is 5.78 Å². The van der Waals surface area contributed by atoms with Crippen molar-refractivity contribution in [2.45, 2.75) is 13.3 Å². The monoisotopic (exact) mass is 250 g/mol. The molecule has 16 heavy (non-hydrogen) atoms. The van der Waals surface area contributed by atoms with E-state index in [1.54, 1.807) is 17.4 Å². The molecule has 0 unspecified atom stereocenters. The Kier molecular flexibility index (Phi) is 3.42. The number of aryl methyl sites for hydroxylation is 1. The van der Waals surface area contributed by atoms with Gasteiger partial charge in [0.05, 0.1) is 5.02 Å². The third kappa shape index (κ3) is 2.52. The Bertz CT molecular complexity index is 503. The van der Waals surface area contributed by atoms with Gasteiger partial charge in [-0.05, 0) is 47.0 Å². The molecular formula is C13H11ClOS. The number of hydrogen-bond donors (Lipinski definition) is 0. The van der Waals surface area contributed by atoms with Crippen LogP contribution in [0.15, 0.2) is 35.0 Å². The Morgan fingerprint density at radius 1 is 1.38 bits per heavy atom. The Morgan fingerprint density at radius 2 is 2.19 bits per heavy atom. The van der Waals surface area contributed by atoms with Crippen LogP contribution in [0.1, 0.15) is 21.5 Å². The largest absolute Gasteiger partial charge is 0.294 e. The zero-order chi connectivity index (χ0) is 11.5. The normalized spacial score (nSPS) is 10.4. The summed E-state index contributed by atoms with van der Waals surface area (Å²) in [5.74, 6) is 0.0726. The Morgan fingerprint density at radius 3 is 2.81 bits per heavy atom. The van der Waals surface area contributed by atoms with Crippen molar-refractivity contribution < 1.29 is 4.79 Å². The maximum Gasteiger partial charge on any atom is 0.168 e. The molecule has 82 valence electrons. The van der Waals surface area contributed by atoms with Crippen molar-refractivity contribution in [1.29, 1.82) is 0 Å². The zero-order valence-electron chi connectivity index (χ0n) is 8.87. The third-order valence-electron chi connectivity index (χ3n) is 2.37. The summed E-state index contributed by atoms with van der Waals surface area (Å²) in [6, 6.07) is 7.49. The van der Waals surface area contributed by atoms with E-state index in [0.717, 1.165) is 11.1 Å². The summed E-state index contributed by atoms with van der Waals surface area (Å²) in [7, 11) is 0. The number of carbonyl (C=O) groups excluding carboxylic acids is 1. The van der Waals surface area contributed by atoms with Crippen LogP contribution in [0.4, 0.5) is 0 Å². The van der Waals surface area contributed by atoms with Gasteiger partial charge in [-0.15, -0.1) is 0 Å². The van der Waals surface area contributed by atoms with E-state index in [2.05, 4.69) is 0 Å². The fourth-order valence-electron chi connectivity index (χ4n) is 1.52. The van der Waals surface area contributed by atoms with E-state index in [4.69, 9.17) is 11.6 Å². The highest BCUT2D eigenvalue weighted by Gasteiger charge is 2.11. The van der Waals surface area contributed by atoms with Crippen molar-refractivity contribution >= 4 is 28.7 Å². The maximum atomic E-state index is 12.0. The first-order chi connectivity index (χ1) is 7.66. The van der Waals surface area contributed by atoms with Gasteiger partial charge in [0.2, 0.25) is 0 Å². The summed E-state index contributed by atoms with van der Waals surface area (Å²) in [4.78, 5) is 12.0. The van der Waals surface area contributed by atoms with Gasteiger partial charge in [-0.1, -0.05) is 17.7 Å². The molecule has 2 rings (SSSR count). The maximum absolute atomic E-state index is 12.0. The molecule has 1 nitrogen and oxygen atoms in total. The van der Waals surface area contributed by atoms with E-state index >= 15 is 0 Å². The summed E-state index contributed by atoms with van der Waals surface area (Å²) < 4.78 is 0. The molecule has 1 heterocycles. The molecule has 1 aromatic heterocycles. The first kappa shape index (κ1) is 11.4. The number of benzene rings is 1. The molecule has 0 saturated heterocycles. The quantitative estimate of drug-likeness (QED) is 0.749. The molecule has 0 saturated carbocycles. The second-order valence-corrected chi connectivity index (χ2v) is 4.90. The standard InChI is InChI=1S/C13H11ClOS/c1-9-2-3-11(12(14)6-9)13(15)7-10-4-5-16-8-10/h2-6,8H,7H2,1H3. The Labute approximate surface area is 104 Å². The smallest absolute Gasteiger partial charge is 0.168 e. The molecule has 0 aliphatic carbocycles. The molecule has 0 spiro atoms. The molecule has 0 fully saturated rings. The fourth-order valence-corrected chi connectivity index (χ4v) is 2.53. The molecule has 2 aromatic rings. The molecule has 0 bridgehead atoms. The van der Waals surface area contributed by atoms with Crippen molar-refractivity contribution in [2.75, 3.05) is 0 Å². The highest BCUT2D eigenvalue weighted by Crippen LogP contribution is 2.20. The van der Waals surface area contributed by atoms with Gasteiger partial charge in [-0.3, -0.25) is 4.79 Å². The highest BCUT2D eigenvalue weighted by molar-refractivity contribution is 7.08. The topological polar surface area (TPSA) is 17.1 Å². The molecule has 1 aromatic carbocycles. The summed E-state index contributed by atoms with van der Waals surface area (Å²) in [5, 5.41) is 4.50. The number of ketones is 1. The van der Waals surface area contributed by atoms with E-state index in [1.165, 1.54) is 0 Å². The first-order valence-corrected chi connectivity index (χ1v) is 6.29. The van der Waals surface area contributed by atoms with Crippen LogP contribution in [0, 0.1) is 6.92 Å². The molecule has 3 heteroatoms. The van der Waals surface area contributed by atoms with Crippen LogP contribution in [0.2, 0.25) is 5.02 Å². The van der Waals surface area contributed by atoms with Gasteiger partial charge in [-0.25, -0.2) is 0 Å². The molecule has 0 atom stereocenters. The van der Waals surface area contributed by atoms with Crippen molar-refractivity contribution in [1.82, 2.24) is 0 Å². The number of rotatable bonds is 3. The average Bonchev–Trinajstić information content (AvgIpc) is 2.70. The zero-order valence-corrected chi connectivity index (χ0v) is 10.4. The van der Waals surface area contributed by atoms with Gasteiger partial charge in [0.15, 0.2) is 5.78 Å². The van der Waals surface area contributed by atoms with Gasteiger partial charge < -0.3 is 0 Å². The van der Waals surface area contributed by atoms with Gasteiger partial charge in [0.1, 0.15) is 0 Å². The van der Waals surface area contributed by atoms with Gasteiger partial charge in [0, 0.05) is 12.0 Å². The average molecular weight is 251 g/mol. The van der Waals surface area contributed by atoms with E-state index in [9.17, 15) is 4.79 Å². The fraction of sp³-hybridized carbons (Fsp3) is 0.154. The van der Waals surface area contributed by atoms with E-state index < -0.39 is 0 Å².